The summed E-state index contributed by atoms with van der Waals surface area (Å²) in [7, 11) is 0. The molecule has 1 aliphatic rings. The summed E-state index contributed by atoms with van der Waals surface area (Å²) in [4.78, 5) is 53.8. The molecule has 0 spiro atoms. The maximum atomic E-state index is 14.0. The average molecular weight is 750 g/mol. The Kier molecular flexibility index (Phi) is 16.4. The van der Waals surface area contributed by atoms with Crippen molar-refractivity contribution in [2.24, 2.45) is 0 Å². The van der Waals surface area contributed by atoms with Crippen LogP contribution in [0.5, 0.6) is 0 Å². The van der Waals surface area contributed by atoms with Gasteiger partial charge in [-0.2, -0.15) is 5.10 Å². The summed E-state index contributed by atoms with van der Waals surface area (Å²) in [6.07, 6.45) is 17.7. The number of halogens is 1. The zero-order valence-corrected chi connectivity index (χ0v) is 32.2. The van der Waals surface area contributed by atoms with Gasteiger partial charge in [0, 0.05) is 18.3 Å². The summed E-state index contributed by atoms with van der Waals surface area (Å²) >= 11 is 6.46. The Morgan fingerprint density at radius 1 is 0.830 bits per heavy atom. The second kappa shape index (κ2) is 20.9. The van der Waals surface area contributed by atoms with E-state index in [-0.39, 0.29) is 22.3 Å². The number of ether oxygens (including phenoxy) is 1. The van der Waals surface area contributed by atoms with E-state index in [0.29, 0.717) is 22.7 Å². The van der Waals surface area contributed by atoms with Crippen molar-refractivity contribution in [2.45, 2.75) is 141 Å². The quantitative estimate of drug-likeness (QED) is 0.0820. The lowest BCUT2D eigenvalue weighted by atomic mass is 10.0. The fraction of sp³-hybridized carbons (Fsp3) is 0.537. The molecule has 11 nitrogen and oxygen atoms in total. The van der Waals surface area contributed by atoms with E-state index in [4.69, 9.17) is 16.3 Å². The van der Waals surface area contributed by atoms with Gasteiger partial charge in [-0.3, -0.25) is 14.4 Å². The smallest absolute Gasteiger partial charge is 0.418 e. The first kappa shape index (κ1) is 41.5. The number of anilines is 2. The van der Waals surface area contributed by atoms with Gasteiger partial charge >= 0.3 is 6.09 Å². The van der Waals surface area contributed by atoms with E-state index in [0.717, 1.165) is 19.3 Å². The summed E-state index contributed by atoms with van der Waals surface area (Å²) < 4.78 is 6.69. The van der Waals surface area contributed by atoms with Gasteiger partial charge in [0.05, 0.1) is 22.1 Å². The number of cyclic esters (lactones) is 1. The topological polar surface area (TPSA) is 143 Å². The lowest BCUT2D eigenvalue weighted by Crippen LogP contribution is -2.52. The largest absolute Gasteiger partial charge is 0.433 e. The van der Waals surface area contributed by atoms with Crippen LogP contribution in [0.2, 0.25) is 5.02 Å². The minimum Gasteiger partial charge on any atom is -0.433 e. The number of benzene rings is 2. The number of unbranched alkanes of at least 4 members (excludes halogenated alkanes) is 14. The van der Waals surface area contributed by atoms with Crippen molar-refractivity contribution in [1.82, 2.24) is 14.7 Å². The van der Waals surface area contributed by atoms with Crippen LogP contribution in [0.25, 0.3) is 5.69 Å². The highest BCUT2D eigenvalue weighted by Crippen LogP contribution is 2.33. The first-order chi connectivity index (χ1) is 25.5. The number of hydrogen-bond donors (Lipinski definition) is 3. The third-order valence-electron chi connectivity index (χ3n) is 9.61. The molecule has 53 heavy (non-hydrogen) atoms. The van der Waals surface area contributed by atoms with E-state index in [1.807, 2.05) is 6.07 Å². The number of nitrogens with one attached hydrogen (secondary N) is 2. The fourth-order valence-corrected chi connectivity index (χ4v) is 6.76. The van der Waals surface area contributed by atoms with Crippen molar-refractivity contribution in [3.63, 3.8) is 0 Å². The highest BCUT2D eigenvalue weighted by molar-refractivity contribution is 6.34. The second-order valence-electron chi connectivity index (χ2n) is 14.4. The van der Waals surface area contributed by atoms with Crippen LogP contribution in [0.4, 0.5) is 16.2 Å². The molecule has 0 saturated carbocycles. The van der Waals surface area contributed by atoms with Crippen LogP contribution in [0.3, 0.4) is 0 Å². The van der Waals surface area contributed by atoms with Crippen LogP contribution >= 0.6 is 11.6 Å². The van der Waals surface area contributed by atoms with Crippen molar-refractivity contribution in [2.75, 3.05) is 10.6 Å². The van der Waals surface area contributed by atoms with Gasteiger partial charge in [-0.25, -0.2) is 14.4 Å². The highest BCUT2D eigenvalue weighted by Gasteiger charge is 2.54. The normalized spacial score (nSPS) is 14.9. The summed E-state index contributed by atoms with van der Waals surface area (Å²) in [5, 5.41) is 21.6. The molecule has 12 heteroatoms. The van der Waals surface area contributed by atoms with Crippen molar-refractivity contribution < 1.29 is 29.0 Å². The van der Waals surface area contributed by atoms with Crippen LogP contribution in [-0.2, 0) is 19.1 Å². The number of nitrogens with zero attached hydrogens (tertiary/aromatic N) is 3. The molecular formula is C41H56ClN5O6. The predicted molar refractivity (Wildman–Crippen MR) is 208 cm³/mol. The molecule has 0 aliphatic carbocycles. The molecule has 0 radical (unpaired) electrons. The molecule has 4 amide bonds. The van der Waals surface area contributed by atoms with E-state index in [2.05, 4.69) is 22.7 Å². The van der Waals surface area contributed by atoms with Crippen LogP contribution in [0.1, 0.15) is 135 Å². The number of rotatable bonds is 23. The minimum atomic E-state index is -1.75. The van der Waals surface area contributed by atoms with Crippen molar-refractivity contribution in [3.8, 4) is 5.69 Å². The van der Waals surface area contributed by atoms with Gasteiger partial charge in [0.25, 0.3) is 11.8 Å². The van der Waals surface area contributed by atoms with Crippen LogP contribution in [0.15, 0.2) is 60.8 Å². The number of aromatic nitrogens is 2. The predicted octanol–water partition coefficient (Wildman–Crippen LogP) is 9.52. The molecule has 1 aromatic heterocycles. The molecule has 2 heterocycles. The first-order valence-electron chi connectivity index (χ1n) is 19.3. The molecule has 0 bridgehead atoms. The van der Waals surface area contributed by atoms with Gasteiger partial charge < -0.3 is 20.5 Å². The third-order valence-corrected chi connectivity index (χ3v) is 9.94. The number of carbonyl (C=O) groups excluding carboxylic acids is 4. The van der Waals surface area contributed by atoms with Crippen LogP contribution in [-0.4, -0.2) is 55.2 Å². The van der Waals surface area contributed by atoms with Crippen LogP contribution in [0, 0.1) is 0 Å². The van der Waals surface area contributed by atoms with Gasteiger partial charge in [0.15, 0.2) is 11.6 Å². The Morgan fingerprint density at radius 3 is 1.98 bits per heavy atom. The highest BCUT2D eigenvalue weighted by atomic mass is 35.5. The van der Waals surface area contributed by atoms with E-state index in [1.165, 1.54) is 120 Å². The molecule has 2 atom stereocenters. The lowest BCUT2D eigenvalue weighted by molar-refractivity contribution is -0.141. The number of aliphatic hydroxyl groups is 1. The summed E-state index contributed by atoms with van der Waals surface area (Å²) in [6, 6.07) is 13.3. The average Bonchev–Trinajstić information content (AvgIpc) is 3.70. The molecule has 3 aromatic rings. The molecule has 1 aliphatic heterocycles. The van der Waals surface area contributed by atoms with Gasteiger partial charge in [0.2, 0.25) is 5.91 Å². The van der Waals surface area contributed by atoms with Crippen molar-refractivity contribution in [3.05, 3.63) is 71.5 Å². The number of para-hydroxylation sites is 1. The van der Waals surface area contributed by atoms with Crippen molar-refractivity contribution in [1.29, 1.82) is 0 Å². The fourth-order valence-electron chi connectivity index (χ4n) is 6.60. The summed E-state index contributed by atoms with van der Waals surface area (Å²) in [6.45, 7) is 5.07. The summed E-state index contributed by atoms with van der Waals surface area (Å²) in [5.41, 5.74) is -0.268. The summed E-state index contributed by atoms with van der Waals surface area (Å²) in [5.74, 6) is -1.85. The van der Waals surface area contributed by atoms with E-state index in [1.54, 1.807) is 30.3 Å². The minimum absolute atomic E-state index is 0.120. The molecule has 1 fully saturated rings. The van der Waals surface area contributed by atoms with Gasteiger partial charge in [0.1, 0.15) is 6.10 Å². The Bertz CT molecular complexity index is 1640. The molecule has 2 aromatic carbocycles. The van der Waals surface area contributed by atoms with Crippen LogP contribution < -0.4 is 10.6 Å². The Labute approximate surface area is 318 Å². The number of aliphatic hydroxyl groups excluding tert-OH is 1. The third kappa shape index (κ3) is 12.2. The standard InChI is InChI=1S/C41H56ClN5O6/c1-4-5-6-7-8-9-10-11-12-13-14-15-16-17-21-24-35(48)44-30-25-26-32(42)33(29-30)45-38(50)36(46-39(51)41(2,3)53-40(46)52)37(49)34-27-28-43-47(34)31-22-19-18-20-23-31/h18-20,22-23,25-29,36-37,49H,4-17,21,24H2,1-3H3,(H,44,48)(H,45,50). The molecule has 2 unspecified atom stereocenters. The Balaban J connectivity index is 1.29. The van der Waals surface area contributed by atoms with Gasteiger partial charge in [-0.05, 0) is 56.7 Å². The molecular weight excluding hydrogens is 694 g/mol. The number of amides is 4. The molecule has 288 valence electrons. The maximum Gasteiger partial charge on any atom is 0.418 e. The SMILES string of the molecule is CCCCCCCCCCCCCCCCCC(=O)Nc1ccc(Cl)c(NC(=O)C(C(O)c2ccnn2-c2ccccc2)N2C(=O)OC(C)(C)C2=O)c1. The van der Waals surface area contributed by atoms with E-state index >= 15 is 0 Å². The Morgan fingerprint density at radius 2 is 1.42 bits per heavy atom. The lowest BCUT2D eigenvalue weighted by Gasteiger charge is -2.28. The Hall–Kier alpha value is -4.22. The maximum absolute atomic E-state index is 14.0. The van der Waals surface area contributed by atoms with Gasteiger partial charge in [-0.1, -0.05) is 127 Å². The number of hydrogen-bond acceptors (Lipinski definition) is 7. The first-order valence-corrected chi connectivity index (χ1v) is 19.7. The monoisotopic (exact) mass is 749 g/mol. The number of imide groups is 1. The molecule has 3 N–H and O–H groups in total. The molecule has 1 saturated heterocycles. The van der Waals surface area contributed by atoms with E-state index < -0.39 is 35.7 Å². The zero-order valence-electron chi connectivity index (χ0n) is 31.4. The van der Waals surface area contributed by atoms with Crippen molar-refractivity contribution >= 4 is 46.8 Å². The second-order valence-corrected chi connectivity index (χ2v) is 14.8. The molecule has 4 rings (SSSR count). The number of carbonyl (C=O) groups is 4. The van der Waals surface area contributed by atoms with E-state index in [9.17, 15) is 24.3 Å². The van der Waals surface area contributed by atoms with Gasteiger partial charge in [-0.15, -0.1) is 0 Å². The zero-order chi connectivity index (χ0) is 38.2.